The van der Waals surface area contributed by atoms with E-state index in [0.29, 0.717) is 5.52 Å². The minimum Gasteiger partial charge on any atom is -0.481 e. The van der Waals surface area contributed by atoms with Crippen molar-refractivity contribution in [1.82, 2.24) is 14.5 Å². The number of amides is 1. The Bertz CT molecular complexity index is 1370. The Balaban J connectivity index is 1.84. The number of methoxy groups -OCH3 is 1. The van der Waals surface area contributed by atoms with Crippen LogP contribution < -0.4 is 15.5 Å². The van der Waals surface area contributed by atoms with Gasteiger partial charge < -0.3 is 14.6 Å². The van der Waals surface area contributed by atoms with Crippen LogP contribution in [0.4, 0.5) is 10.1 Å². The van der Waals surface area contributed by atoms with E-state index in [9.17, 15) is 14.0 Å². The molecule has 1 aromatic carbocycles. The summed E-state index contributed by atoms with van der Waals surface area (Å²) in [6.45, 7) is 0.266. The van der Waals surface area contributed by atoms with Crippen LogP contribution in [0.2, 0.25) is 10.0 Å². The topological polar surface area (TPSA) is 86.1 Å². The number of pyridine rings is 3. The molecule has 32 heavy (non-hydrogen) atoms. The highest BCUT2D eigenvalue weighted by atomic mass is 35.5. The maximum Gasteiger partial charge on any atom is 0.261 e. The minimum atomic E-state index is -0.718. The summed E-state index contributed by atoms with van der Waals surface area (Å²) in [4.78, 5) is 34.2. The number of halogens is 3. The monoisotopic (exact) mass is 472 g/mol. The first-order valence-corrected chi connectivity index (χ1v) is 10.1. The standard InChI is InChI=1S/C22H15Cl2FN4O3/c1-32-18-7-6-17-20(27-18)21(30)14(11-29(17)10-12-2-4-13(25)5-3-12)22(31)28-19-15(23)8-26-9-16(19)24/h2-9,11H,10H2,1H3,(H,26,28,31). The van der Waals surface area contributed by atoms with E-state index in [4.69, 9.17) is 27.9 Å². The van der Waals surface area contributed by atoms with Crippen LogP contribution in [0.3, 0.4) is 0 Å². The lowest BCUT2D eigenvalue weighted by Crippen LogP contribution is -2.25. The molecule has 3 aromatic heterocycles. The average molecular weight is 473 g/mol. The smallest absolute Gasteiger partial charge is 0.261 e. The molecule has 4 rings (SSSR count). The van der Waals surface area contributed by atoms with E-state index in [1.807, 2.05) is 0 Å². The van der Waals surface area contributed by atoms with E-state index < -0.39 is 11.3 Å². The first kappa shape index (κ1) is 21.7. The van der Waals surface area contributed by atoms with Crippen molar-refractivity contribution >= 4 is 45.8 Å². The molecule has 3 heterocycles. The lowest BCUT2D eigenvalue weighted by atomic mass is 10.1. The quantitative estimate of drug-likeness (QED) is 0.460. The van der Waals surface area contributed by atoms with Gasteiger partial charge in [-0.25, -0.2) is 9.37 Å². The number of nitrogens with one attached hydrogen (secondary N) is 1. The third-order valence-electron chi connectivity index (χ3n) is 4.71. The molecular formula is C22H15Cl2FN4O3. The van der Waals surface area contributed by atoms with Crippen LogP contribution in [-0.2, 0) is 6.54 Å². The van der Waals surface area contributed by atoms with Crippen molar-refractivity contribution in [3.63, 3.8) is 0 Å². The van der Waals surface area contributed by atoms with Gasteiger partial charge in [0.2, 0.25) is 11.3 Å². The van der Waals surface area contributed by atoms with Crippen molar-refractivity contribution < 1.29 is 13.9 Å². The molecule has 10 heteroatoms. The van der Waals surface area contributed by atoms with Gasteiger partial charge in [0, 0.05) is 31.2 Å². The molecule has 4 aromatic rings. The van der Waals surface area contributed by atoms with E-state index in [2.05, 4.69) is 15.3 Å². The summed E-state index contributed by atoms with van der Waals surface area (Å²) >= 11 is 12.2. The van der Waals surface area contributed by atoms with Crippen LogP contribution in [0.15, 0.2) is 59.8 Å². The molecule has 0 saturated heterocycles. The number of carbonyl (C=O) groups excluding carboxylic acids is 1. The van der Waals surface area contributed by atoms with E-state index in [1.165, 1.54) is 37.8 Å². The van der Waals surface area contributed by atoms with E-state index in [0.717, 1.165) is 5.56 Å². The van der Waals surface area contributed by atoms with Gasteiger partial charge >= 0.3 is 0 Å². The SMILES string of the molecule is COc1ccc2c(n1)c(=O)c(C(=O)Nc1c(Cl)cncc1Cl)cn2Cc1ccc(F)cc1. The fraction of sp³-hybridized carbons (Fsp3) is 0.0909. The van der Waals surface area contributed by atoms with Gasteiger partial charge in [0.15, 0.2) is 0 Å². The highest BCUT2D eigenvalue weighted by Crippen LogP contribution is 2.29. The minimum absolute atomic E-state index is 0.0473. The maximum absolute atomic E-state index is 13.3. The summed E-state index contributed by atoms with van der Waals surface area (Å²) < 4.78 is 20.1. The Morgan fingerprint density at radius 1 is 1.12 bits per heavy atom. The third-order valence-corrected chi connectivity index (χ3v) is 5.29. The van der Waals surface area contributed by atoms with Crippen LogP contribution in [0.25, 0.3) is 11.0 Å². The molecule has 7 nitrogen and oxygen atoms in total. The summed E-state index contributed by atoms with van der Waals surface area (Å²) in [6.07, 6.45) is 4.06. The van der Waals surface area contributed by atoms with Gasteiger partial charge in [0.1, 0.15) is 16.9 Å². The zero-order valence-corrected chi connectivity index (χ0v) is 18.1. The Labute approximate surface area is 191 Å². The number of rotatable bonds is 5. The third kappa shape index (κ3) is 4.28. The number of hydrogen-bond acceptors (Lipinski definition) is 5. The lowest BCUT2D eigenvalue weighted by molar-refractivity contribution is 0.102. The number of benzene rings is 1. The largest absolute Gasteiger partial charge is 0.481 e. The Kier molecular flexibility index (Phi) is 6.07. The summed E-state index contributed by atoms with van der Waals surface area (Å²) in [5.41, 5.74) is 0.662. The average Bonchev–Trinajstić information content (AvgIpc) is 2.79. The second-order valence-corrected chi connectivity index (χ2v) is 7.59. The second-order valence-electron chi connectivity index (χ2n) is 6.78. The molecule has 0 radical (unpaired) electrons. The summed E-state index contributed by atoms with van der Waals surface area (Å²) in [5, 5.41) is 2.81. The predicted molar refractivity (Wildman–Crippen MR) is 120 cm³/mol. The molecule has 0 aliphatic rings. The first-order chi connectivity index (χ1) is 15.4. The van der Waals surface area contributed by atoms with E-state index >= 15 is 0 Å². The fourth-order valence-corrected chi connectivity index (χ4v) is 3.61. The summed E-state index contributed by atoms with van der Waals surface area (Å²) in [6, 6.07) is 9.19. The number of aromatic nitrogens is 3. The molecule has 0 saturated carbocycles. The van der Waals surface area contributed by atoms with Crippen molar-refractivity contribution in [2.24, 2.45) is 0 Å². The number of ether oxygens (including phenoxy) is 1. The molecule has 0 fully saturated rings. The Morgan fingerprint density at radius 3 is 2.47 bits per heavy atom. The predicted octanol–water partition coefficient (Wildman–Crippen LogP) is 4.55. The molecule has 0 atom stereocenters. The molecule has 0 aliphatic heterocycles. The number of anilines is 1. The summed E-state index contributed by atoms with van der Waals surface area (Å²) in [7, 11) is 1.43. The van der Waals surface area contributed by atoms with Gasteiger partial charge in [-0.1, -0.05) is 35.3 Å². The lowest BCUT2D eigenvalue weighted by Gasteiger charge is -2.14. The molecule has 0 bridgehead atoms. The van der Waals surface area contributed by atoms with Crippen molar-refractivity contribution in [3.8, 4) is 5.88 Å². The number of hydrogen-bond donors (Lipinski definition) is 1. The normalized spacial score (nSPS) is 10.9. The van der Waals surface area contributed by atoms with Crippen LogP contribution in [0, 0.1) is 5.82 Å². The van der Waals surface area contributed by atoms with Gasteiger partial charge in [0.25, 0.3) is 5.91 Å². The van der Waals surface area contributed by atoms with Gasteiger partial charge in [-0.2, -0.15) is 0 Å². The van der Waals surface area contributed by atoms with Crippen molar-refractivity contribution in [1.29, 1.82) is 0 Å². The Hall–Kier alpha value is -3.49. The number of nitrogens with zero attached hydrogens (tertiary/aromatic N) is 3. The highest BCUT2D eigenvalue weighted by Gasteiger charge is 2.19. The van der Waals surface area contributed by atoms with Crippen molar-refractivity contribution in [2.45, 2.75) is 6.54 Å². The van der Waals surface area contributed by atoms with Crippen LogP contribution in [0.1, 0.15) is 15.9 Å². The molecule has 0 unspecified atom stereocenters. The number of fused-ring (bicyclic) bond motifs is 1. The van der Waals surface area contributed by atoms with Crippen LogP contribution in [-0.4, -0.2) is 27.6 Å². The first-order valence-electron chi connectivity index (χ1n) is 9.30. The van der Waals surface area contributed by atoms with Gasteiger partial charge in [-0.15, -0.1) is 0 Å². The fourth-order valence-electron chi connectivity index (χ4n) is 3.15. The Morgan fingerprint density at radius 2 is 1.81 bits per heavy atom. The molecule has 162 valence electrons. The molecular weight excluding hydrogens is 458 g/mol. The zero-order chi connectivity index (χ0) is 22.8. The van der Waals surface area contributed by atoms with Gasteiger partial charge in [-0.3, -0.25) is 14.6 Å². The molecule has 1 amide bonds. The zero-order valence-electron chi connectivity index (χ0n) is 16.6. The van der Waals surface area contributed by atoms with Gasteiger partial charge in [-0.05, 0) is 23.8 Å². The van der Waals surface area contributed by atoms with E-state index in [-0.39, 0.29) is 45.1 Å². The molecule has 1 N–H and O–H groups in total. The highest BCUT2D eigenvalue weighted by molar-refractivity contribution is 6.39. The second kappa shape index (κ2) is 8.94. The number of carbonyl (C=O) groups is 1. The molecule has 0 spiro atoms. The van der Waals surface area contributed by atoms with E-state index in [1.54, 1.807) is 28.8 Å². The van der Waals surface area contributed by atoms with Crippen LogP contribution >= 0.6 is 23.2 Å². The summed E-state index contributed by atoms with van der Waals surface area (Å²) in [5.74, 6) is -0.860. The molecule has 0 aliphatic carbocycles. The van der Waals surface area contributed by atoms with Crippen molar-refractivity contribution in [3.05, 3.63) is 92.2 Å². The van der Waals surface area contributed by atoms with Crippen LogP contribution in [0.5, 0.6) is 5.88 Å². The van der Waals surface area contributed by atoms with Crippen molar-refractivity contribution in [2.75, 3.05) is 12.4 Å². The van der Waals surface area contributed by atoms with Gasteiger partial charge in [0.05, 0.1) is 28.4 Å². The maximum atomic E-state index is 13.3.